The van der Waals surface area contributed by atoms with E-state index in [9.17, 15) is 14.8 Å². The SMILES string of the molecule is Nc1ccc(OCC2OC(n3cnc4c(NC(=O)Nc5ccccc5)ncnc43)C3OC(Cc4ccccc4)OC23)c(C(=O)NO)c1. The third-order valence-corrected chi connectivity index (χ3v) is 7.80. The molecule has 2 aliphatic rings. The zero-order chi connectivity index (χ0) is 32.3. The molecule has 6 N–H and O–H groups in total. The number of imidazole rings is 1. The summed E-state index contributed by atoms with van der Waals surface area (Å²) in [7, 11) is 0. The summed E-state index contributed by atoms with van der Waals surface area (Å²) in [5.74, 6) is -0.371. The summed E-state index contributed by atoms with van der Waals surface area (Å²) in [4.78, 5) is 38.2. The van der Waals surface area contributed by atoms with Crippen LogP contribution in [0.15, 0.2) is 91.5 Å². The van der Waals surface area contributed by atoms with Crippen LogP contribution in [-0.4, -0.2) is 67.9 Å². The van der Waals surface area contributed by atoms with Crippen LogP contribution < -0.4 is 26.6 Å². The highest BCUT2D eigenvalue weighted by molar-refractivity contribution is 6.03. The van der Waals surface area contributed by atoms with Crippen LogP contribution in [0.3, 0.4) is 0 Å². The first-order valence-corrected chi connectivity index (χ1v) is 14.7. The summed E-state index contributed by atoms with van der Waals surface area (Å²) in [6.07, 6.45) is 0.253. The van der Waals surface area contributed by atoms with E-state index in [1.54, 1.807) is 34.6 Å². The summed E-state index contributed by atoms with van der Waals surface area (Å²) >= 11 is 0. The van der Waals surface area contributed by atoms with E-state index in [0.717, 1.165) is 5.56 Å². The van der Waals surface area contributed by atoms with Crippen LogP contribution in [0, 0.1) is 0 Å². The number of nitrogens with one attached hydrogen (secondary N) is 3. The normalized spacial score (nSPS) is 21.7. The van der Waals surface area contributed by atoms with Crippen molar-refractivity contribution < 1.29 is 33.7 Å². The standard InChI is InChI=1S/C32H30N8O7/c33-19-11-12-22(21(14-19)30(41)39-43)44-15-23-26-27(47-24(46-26)13-18-7-3-1-4-8-18)31(45-23)40-17-36-25-28(34-16-35-29(25)40)38-32(42)37-20-9-5-2-6-10-20/h1-12,14,16-17,23-24,26-27,31,43H,13,15,33H2,(H,39,41)(H2,34,35,37,38,42). The van der Waals surface area contributed by atoms with Crippen molar-refractivity contribution in [3.63, 3.8) is 0 Å². The Kier molecular flexibility index (Phi) is 8.33. The third kappa shape index (κ3) is 6.28. The maximum absolute atomic E-state index is 12.7. The lowest BCUT2D eigenvalue weighted by Crippen LogP contribution is -2.33. The molecular weight excluding hydrogens is 608 g/mol. The molecule has 0 radical (unpaired) electrons. The van der Waals surface area contributed by atoms with Crippen molar-refractivity contribution in [2.75, 3.05) is 23.0 Å². The van der Waals surface area contributed by atoms with Gasteiger partial charge in [0.25, 0.3) is 5.91 Å². The Balaban J connectivity index is 1.14. The lowest BCUT2D eigenvalue weighted by Gasteiger charge is -2.22. The molecule has 4 heterocycles. The van der Waals surface area contributed by atoms with Crippen molar-refractivity contribution in [3.8, 4) is 5.75 Å². The Morgan fingerprint density at radius 1 is 0.915 bits per heavy atom. The molecule has 2 fully saturated rings. The van der Waals surface area contributed by atoms with Crippen molar-refractivity contribution in [1.82, 2.24) is 25.0 Å². The number of amides is 3. The molecule has 240 valence electrons. The van der Waals surface area contributed by atoms with Gasteiger partial charge in [0, 0.05) is 17.8 Å². The second-order valence-corrected chi connectivity index (χ2v) is 10.9. The van der Waals surface area contributed by atoms with Gasteiger partial charge in [-0.05, 0) is 35.9 Å². The van der Waals surface area contributed by atoms with E-state index in [1.807, 2.05) is 48.5 Å². The van der Waals surface area contributed by atoms with Crippen LogP contribution in [0.5, 0.6) is 5.75 Å². The Hall–Kier alpha value is -5.61. The number of nitrogens with zero attached hydrogens (tertiary/aromatic N) is 4. The average molecular weight is 639 g/mol. The van der Waals surface area contributed by atoms with Gasteiger partial charge in [-0.2, -0.15) is 0 Å². The number of aromatic nitrogens is 4. The maximum Gasteiger partial charge on any atom is 0.324 e. The predicted molar refractivity (Wildman–Crippen MR) is 168 cm³/mol. The molecule has 0 bridgehead atoms. The number of carbonyl (C=O) groups excluding carboxylic acids is 2. The number of anilines is 3. The number of benzene rings is 3. The summed E-state index contributed by atoms with van der Waals surface area (Å²) in [6.45, 7) is -0.0250. The molecule has 2 saturated heterocycles. The molecule has 15 heteroatoms. The highest BCUT2D eigenvalue weighted by Gasteiger charge is 2.54. The zero-order valence-corrected chi connectivity index (χ0v) is 24.7. The molecule has 15 nitrogen and oxygen atoms in total. The van der Waals surface area contributed by atoms with E-state index in [0.29, 0.717) is 29.0 Å². The molecule has 0 aliphatic carbocycles. The van der Waals surface area contributed by atoms with Crippen molar-refractivity contribution in [2.24, 2.45) is 0 Å². The molecule has 0 saturated carbocycles. The van der Waals surface area contributed by atoms with Gasteiger partial charge >= 0.3 is 6.03 Å². The second-order valence-electron chi connectivity index (χ2n) is 10.9. The highest BCUT2D eigenvalue weighted by Crippen LogP contribution is 2.41. The summed E-state index contributed by atoms with van der Waals surface area (Å²) < 4.78 is 27.0. The monoisotopic (exact) mass is 638 g/mol. The fraction of sp³-hybridized carbons (Fsp3) is 0.219. The van der Waals surface area contributed by atoms with Crippen molar-refractivity contribution >= 4 is 40.3 Å². The van der Waals surface area contributed by atoms with Gasteiger partial charge in [-0.1, -0.05) is 48.5 Å². The Labute approximate surface area is 267 Å². The molecule has 5 unspecified atom stereocenters. The number of carbonyl (C=O) groups is 2. The topological polar surface area (TPSA) is 197 Å². The number of rotatable bonds is 9. The number of nitrogen functional groups attached to an aromatic ring is 1. The van der Waals surface area contributed by atoms with Gasteiger partial charge in [0.15, 0.2) is 29.5 Å². The van der Waals surface area contributed by atoms with E-state index < -0.39 is 42.8 Å². The molecule has 3 aromatic carbocycles. The van der Waals surface area contributed by atoms with Crippen LogP contribution in [-0.2, 0) is 20.6 Å². The van der Waals surface area contributed by atoms with Gasteiger partial charge < -0.3 is 30.0 Å². The minimum absolute atomic E-state index is 0.0250. The van der Waals surface area contributed by atoms with Gasteiger partial charge in [-0.3, -0.25) is 19.9 Å². The quantitative estimate of drug-likeness (QED) is 0.0900. The van der Waals surface area contributed by atoms with Crippen LogP contribution in [0.1, 0.15) is 22.1 Å². The van der Waals surface area contributed by atoms with E-state index in [1.165, 1.54) is 18.5 Å². The highest BCUT2D eigenvalue weighted by atomic mass is 16.8. The summed E-state index contributed by atoms with van der Waals surface area (Å²) in [5.41, 5.74) is 10.2. The zero-order valence-electron chi connectivity index (χ0n) is 24.7. The van der Waals surface area contributed by atoms with Crippen molar-refractivity contribution in [2.45, 2.75) is 37.3 Å². The number of para-hydroxylation sites is 1. The average Bonchev–Trinajstić information content (AvgIpc) is 3.79. The minimum atomic E-state index is -0.773. The summed E-state index contributed by atoms with van der Waals surface area (Å²) in [5, 5.41) is 14.7. The van der Waals surface area contributed by atoms with Crippen LogP contribution in [0.2, 0.25) is 0 Å². The molecule has 0 spiro atoms. The lowest BCUT2D eigenvalue weighted by molar-refractivity contribution is -0.148. The van der Waals surface area contributed by atoms with Crippen molar-refractivity contribution in [1.29, 1.82) is 0 Å². The van der Waals surface area contributed by atoms with Crippen LogP contribution in [0.25, 0.3) is 11.2 Å². The molecule has 2 aromatic heterocycles. The van der Waals surface area contributed by atoms with Crippen molar-refractivity contribution in [3.05, 3.63) is 103 Å². The Morgan fingerprint density at radius 2 is 1.68 bits per heavy atom. The van der Waals surface area contributed by atoms with E-state index in [2.05, 4.69) is 25.6 Å². The number of ether oxygens (including phenoxy) is 4. The smallest absolute Gasteiger partial charge is 0.324 e. The van der Waals surface area contributed by atoms with E-state index in [4.69, 9.17) is 24.7 Å². The maximum atomic E-state index is 12.7. The number of hydrogen-bond acceptors (Lipinski definition) is 11. The first kappa shape index (κ1) is 30.1. The molecule has 3 amide bonds. The Morgan fingerprint density at radius 3 is 2.47 bits per heavy atom. The number of hydroxylamine groups is 1. The lowest BCUT2D eigenvalue weighted by atomic mass is 10.1. The van der Waals surface area contributed by atoms with E-state index in [-0.39, 0.29) is 23.7 Å². The number of fused-ring (bicyclic) bond motifs is 2. The molecule has 2 aliphatic heterocycles. The molecule has 7 rings (SSSR count). The molecule has 47 heavy (non-hydrogen) atoms. The largest absolute Gasteiger partial charge is 0.490 e. The first-order valence-electron chi connectivity index (χ1n) is 14.7. The predicted octanol–water partition coefficient (Wildman–Crippen LogP) is 3.50. The summed E-state index contributed by atoms with van der Waals surface area (Å²) in [6, 6.07) is 22.9. The second kappa shape index (κ2) is 13.0. The van der Waals surface area contributed by atoms with E-state index >= 15 is 0 Å². The van der Waals surface area contributed by atoms with Gasteiger partial charge in [0.2, 0.25) is 0 Å². The fourth-order valence-electron chi connectivity index (χ4n) is 5.66. The fourth-order valence-corrected chi connectivity index (χ4v) is 5.66. The van der Waals surface area contributed by atoms with Gasteiger partial charge in [0.05, 0.1) is 11.9 Å². The van der Waals surface area contributed by atoms with Gasteiger partial charge in [0.1, 0.15) is 37.0 Å². The molecule has 5 aromatic rings. The molecule has 5 atom stereocenters. The van der Waals surface area contributed by atoms with Gasteiger partial charge in [-0.25, -0.2) is 25.2 Å². The third-order valence-electron chi connectivity index (χ3n) is 7.80. The number of urea groups is 1. The minimum Gasteiger partial charge on any atom is -0.490 e. The first-order chi connectivity index (χ1) is 23.0. The van der Waals surface area contributed by atoms with Crippen LogP contribution >= 0.6 is 0 Å². The molecular formula is C32H30N8O7. The van der Waals surface area contributed by atoms with Gasteiger partial charge in [-0.15, -0.1) is 0 Å². The Bertz CT molecular complexity index is 1890. The number of hydrogen-bond donors (Lipinski definition) is 5. The number of nitrogens with two attached hydrogens (primary N) is 1. The van der Waals surface area contributed by atoms with Crippen LogP contribution in [0.4, 0.5) is 22.0 Å².